The fraction of sp³-hybridized carbons (Fsp3) is 0.273. The number of sulfone groups is 1. The third-order valence-corrected chi connectivity index (χ3v) is 7.05. The molecule has 7 heteroatoms. The van der Waals surface area contributed by atoms with Gasteiger partial charge in [-0.2, -0.15) is 0 Å². The van der Waals surface area contributed by atoms with Crippen LogP contribution in [-0.4, -0.2) is 31.6 Å². The summed E-state index contributed by atoms with van der Waals surface area (Å²) in [5.74, 6) is 0.632. The van der Waals surface area contributed by atoms with Crippen molar-refractivity contribution in [1.82, 2.24) is 4.98 Å². The number of fused-ring (bicyclic) bond motifs is 1. The minimum atomic E-state index is -3.63. The number of anilines is 1. The van der Waals surface area contributed by atoms with E-state index in [4.69, 9.17) is 4.42 Å². The number of hydrogen-bond donors (Lipinski definition) is 0. The Morgan fingerprint density at radius 3 is 2.72 bits per heavy atom. The van der Waals surface area contributed by atoms with Crippen molar-refractivity contribution in [2.45, 2.75) is 31.6 Å². The number of oxazole rings is 1. The van der Waals surface area contributed by atoms with E-state index in [1.807, 2.05) is 24.3 Å². The van der Waals surface area contributed by atoms with Gasteiger partial charge in [-0.05, 0) is 36.6 Å². The summed E-state index contributed by atoms with van der Waals surface area (Å²) < 4.78 is 31.5. The molecule has 1 aliphatic heterocycles. The highest BCUT2D eigenvalue weighted by atomic mass is 32.2. The molecule has 0 unspecified atom stereocenters. The van der Waals surface area contributed by atoms with Crippen LogP contribution in [0.25, 0.3) is 11.3 Å². The van der Waals surface area contributed by atoms with E-state index in [9.17, 15) is 13.2 Å². The number of carbonyl (C=O) groups excluding carboxylic acids is 1. The molecule has 2 aromatic carbocycles. The lowest BCUT2D eigenvalue weighted by molar-refractivity contribution is -0.118. The number of para-hydroxylation sites is 1. The van der Waals surface area contributed by atoms with Crippen LogP contribution < -0.4 is 4.90 Å². The highest BCUT2D eigenvalue weighted by molar-refractivity contribution is 7.91. The van der Waals surface area contributed by atoms with E-state index in [1.165, 1.54) is 0 Å². The minimum absolute atomic E-state index is 0.0538. The summed E-state index contributed by atoms with van der Waals surface area (Å²) in [5, 5.41) is 0. The molecule has 0 saturated heterocycles. The Balaban J connectivity index is 1.53. The van der Waals surface area contributed by atoms with Gasteiger partial charge in [0.1, 0.15) is 0 Å². The second-order valence-corrected chi connectivity index (χ2v) is 9.29. The molecule has 2 heterocycles. The normalized spacial score (nSPS) is 13.5. The van der Waals surface area contributed by atoms with Gasteiger partial charge in [-0.3, -0.25) is 4.79 Å². The molecule has 0 fully saturated rings. The van der Waals surface area contributed by atoms with Crippen LogP contribution in [0, 0.1) is 13.8 Å². The smallest absolute Gasteiger partial charge is 0.228 e. The first-order valence-electron chi connectivity index (χ1n) is 9.49. The van der Waals surface area contributed by atoms with Crippen molar-refractivity contribution in [3.05, 3.63) is 65.7 Å². The van der Waals surface area contributed by atoms with Crippen LogP contribution in [0.5, 0.6) is 0 Å². The number of hydrogen-bond acceptors (Lipinski definition) is 5. The first kappa shape index (κ1) is 19.4. The monoisotopic (exact) mass is 410 g/mol. The second kappa shape index (κ2) is 7.48. The molecule has 1 aromatic heterocycles. The number of nitrogens with zero attached hydrogens (tertiary/aromatic N) is 2. The number of rotatable bonds is 5. The summed E-state index contributed by atoms with van der Waals surface area (Å²) in [6.07, 6.45) is 2.32. The van der Waals surface area contributed by atoms with Crippen molar-refractivity contribution in [2.75, 3.05) is 17.2 Å². The Morgan fingerprint density at radius 1 is 1.17 bits per heavy atom. The quantitative estimate of drug-likeness (QED) is 0.641. The maximum Gasteiger partial charge on any atom is 0.228 e. The van der Waals surface area contributed by atoms with Gasteiger partial charge in [-0.15, -0.1) is 0 Å². The van der Waals surface area contributed by atoms with Crippen LogP contribution >= 0.6 is 0 Å². The summed E-state index contributed by atoms with van der Waals surface area (Å²) in [4.78, 5) is 18.7. The molecule has 0 atom stereocenters. The number of aromatic nitrogens is 1. The first-order chi connectivity index (χ1) is 13.8. The maximum absolute atomic E-state index is 13.0. The summed E-state index contributed by atoms with van der Waals surface area (Å²) >= 11 is 0. The van der Waals surface area contributed by atoms with Crippen LogP contribution in [0.1, 0.15) is 23.4 Å². The van der Waals surface area contributed by atoms with Crippen molar-refractivity contribution < 1.29 is 17.6 Å². The zero-order valence-corrected chi connectivity index (χ0v) is 17.2. The van der Waals surface area contributed by atoms with Gasteiger partial charge in [-0.1, -0.05) is 30.3 Å². The maximum atomic E-state index is 13.0. The van der Waals surface area contributed by atoms with Crippen molar-refractivity contribution in [3.63, 3.8) is 0 Å². The molecule has 0 N–H and O–H groups in total. The molecule has 150 valence electrons. The second-order valence-electron chi connectivity index (χ2n) is 7.22. The summed E-state index contributed by atoms with van der Waals surface area (Å²) in [5.41, 5.74) is 3.29. The zero-order valence-electron chi connectivity index (χ0n) is 16.4. The van der Waals surface area contributed by atoms with Gasteiger partial charge < -0.3 is 9.32 Å². The standard InChI is InChI=1S/C22H22N2O4S/c1-15-7-8-18(20-14-23-16(2)28-20)13-21(15)29(26,27)12-10-22(25)24-11-9-17-5-3-4-6-19(17)24/h3-8,13-14H,9-12H2,1-2H3. The fourth-order valence-electron chi connectivity index (χ4n) is 3.65. The fourth-order valence-corrected chi connectivity index (χ4v) is 5.18. The van der Waals surface area contributed by atoms with Gasteiger partial charge in [0.05, 0.1) is 16.8 Å². The predicted molar refractivity (Wildman–Crippen MR) is 111 cm³/mol. The molecule has 4 rings (SSSR count). The Kier molecular flexibility index (Phi) is 5.00. The molecular weight excluding hydrogens is 388 g/mol. The van der Waals surface area contributed by atoms with Crippen molar-refractivity contribution in [1.29, 1.82) is 0 Å². The largest absolute Gasteiger partial charge is 0.441 e. The van der Waals surface area contributed by atoms with Crippen molar-refractivity contribution in [3.8, 4) is 11.3 Å². The molecule has 1 amide bonds. The van der Waals surface area contributed by atoms with E-state index in [0.29, 0.717) is 29.3 Å². The van der Waals surface area contributed by atoms with Crippen molar-refractivity contribution >= 4 is 21.4 Å². The summed E-state index contributed by atoms with van der Waals surface area (Å²) in [6.45, 7) is 4.08. The third kappa shape index (κ3) is 3.82. The van der Waals surface area contributed by atoms with Crippen molar-refractivity contribution in [2.24, 2.45) is 0 Å². The molecule has 0 spiro atoms. The molecule has 6 nitrogen and oxygen atoms in total. The highest BCUT2D eigenvalue weighted by Gasteiger charge is 2.26. The molecule has 0 saturated carbocycles. The molecule has 0 bridgehead atoms. The number of amides is 1. The Labute approximate surface area is 170 Å². The zero-order chi connectivity index (χ0) is 20.6. The highest BCUT2D eigenvalue weighted by Crippen LogP contribution is 2.29. The van der Waals surface area contributed by atoms with E-state index in [2.05, 4.69) is 4.98 Å². The number of aryl methyl sites for hydroxylation is 2. The molecule has 3 aromatic rings. The molecule has 0 aliphatic carbocycles. The first-order valence-corrected chi connectivity index (χ1v) is 11.1. The Bertz CT molecular complexity index is 1180. The van der Waals surface area contributed by atoms with Crippen LogP contribution in [-0.2, 0) is 21.1 Å². The lowest BCUT2D eigenvalue weighted by Gasteiger charge is -2.17. The Hall–Kier alpha value is -2.93. The summed E-state index contributed by atoms with van der Waals surface area (Å²) in [7, 11) is -3.63. The molecule has 1 aliphatic rings. The average molecular weight is 410 g/mol. The predicted octanol–water partition coefficient (Wildman–Crippen LogP) is 3.71. The van der Waals surface area contributed by atoms with Crippen LogP contribution in [0.2, 0.25) is 0 Å². The van der Waals surface area contributed by atoms with Gasteiger partial charge in [-0.25, -0.2) is 13.4 Å². The van der Waals surface area contributed by atoms with E-state index in [-0.39, 0.29) is 23.0 Å². The van der Waals surface area contributed by atoms with Gasteiger partial charge in [0, 0.05) is 31.1 Å². The van der Waals surface area contributed by atoms with E-state index in [0.717, 1.165) is 17.7 Å². The van der Waals surface area contributed by atoms with Gasteiger partial charge in [0.15, 0.2) is 21.5 Å². The van der Waals surface area contributed by atoms with E-state index < -0.39 is 9.84 Å². The summed E-state index contributed by atoms with van der Waals surface area (Å²) in [6, 6.07) is 12.9. The Morgan fingerprint density at radius 2 is 1.97 bits per heavy atom. The molecular formula is C22H22N2O4S. The van der Waals surface area contributed by atoms with Crippen LogP contribution in [0.15, 0.2) is 58.0 Å². The van der Waals surface area contributed by atoms with Crippen LogP contribution in [0.4, 0.5) is 5.69 Å². The molecule has 29 heavy (non-hydrogen) atoms. The SMILES string of the molecule is Cc1ncc(-c2ccc(C)c(S(=O)(=O)CCC(=O)N3CCc4ccccc43)c2)o1. The lowest BCUT2D eigenvalue weighted by atomic mass is 10.1. The van der Waals surface area contributed by atoms with Gasteiger partial charge in [0.25, 0.3) is 0 Å². The molecule has 0 radical (unpaired) electrons. The topological polar surface area (TPSA) is 80.5 Å². The average Bonchev–Trinajstić information content (AvgIpc) is 3.33. The number of benzene rings is 2. The van der Waals surface area contributed by atoms with E-state index >= 15 is 0 Å². The van der Waals surface area contributed by atoms with Gasteiger partial charge >= 0.3 is 0 Å². The minimum Gasteiger partial charge on any atom is -0.441 e. The number of carbonyl (C=O) groups is 1. The van der Waals surface area contributed by atoms with Crippen LogP contribution in [0.3, 0.4) is 0 Å². The van der Waals surface area contributed by atoms with Gasteiger partial charge in [0.2, 0.25) is 5.91 Å². The van der Waals surface area contributed by atoms with E-state index in [1.54, 1.807) is 43.1 Å². The third-order valence-electron chi connectivity index (χ3n) is 5.20. The lowest BCUT2D eigenvalue weighted by Crippen LogP contribution is -2.30.